The molecule has 1 heterocycles. The largest absolute Gasteiger partial charge is 0.471 e. The number of halogens is 6. The summed E-state index contributed by atoms with van der Waals surface area (Å²) in [5.41, 5.74) is -0.697. The molecular weight excluding hydrogens is 988 g/mol. The Hall–Kier alpha value is -5.66. The highest BCUT2D eigenvalue weighted by atomic mass is 35.5. The summed E-state index contributed by atoms with van der Waals surface area (Å²) in [5.74, 6) is -6.05. The van der Waals surface area contributed by atoms with Crippen LogP contribution in [0, 0.1) is 16.7 Å². The second kappa shape index (κ2) is 23.1. The number of amides is 2. The number of nitrogens with zero attached hydrogens (tertiary/aromatic N) is 2. The maximum Gasteiger partial charge on any atom is 0.471 e. The third kappa shape index (κ3) is 13.0. The van der Waals surface area contributed by atoms with Gasteiger partial charge in [-0.05, 0) is 78.4 Å². The molecule has 5 aromatic rings. The van der Waals surface area contributed by atoms with Gasteiger partial charge in [0.1, 0.15) is 5.75 Å². The molecule has 1 unspecified atom stereocenters. The first-order valence-electron chi connectivity index (χ1n) is 22.9. The first-order chi connectivity index (χ1) is 33.2. The minimum atomic E-state index is -5.40. The molecule has 11 nitrogen and oxygen atoms in total. The molecule has 0 saturated heterocycles. The van der Waals surface area contributed by atoms with Crippen LogP contribution < -0.4 is 15.4 Å². The second-order valence-electron chi connectivity index (χ2n) is 18.1. The van der Waals surface area contributed by atoms with E-state index in [0.717, 1.165) is 56.4 Å². The van der Waals surface area contributed by atoms with Crippen molar-refractivity contribution in [2.75, 3.05) is 16.4 Å². The number of ether oxygens (including phenoxy) is 1. The lowest BCUT2D eigenvalue weighted by molar-refractivity contribution is -0.167. The molecule has 0 saturated carbocycles. The highest BCUT2D eigenvalue weighted by molar-refractivity contribution is 7.91. The third-order valence-corrected chi connectivity index (χ3v) is 14.8. The summed E-state index contributed by atoms with van der Waals surface area (Å²) in [5, 5.41) is 13.9. The number of hydrogen-bond donors (Lipinski definition) is 2. The summed E-state index contributed by atoms with van der Waals surface area (Å²) < 4.78 is 75.5. The van der Waals surface area contributed by atoms with E-state index in [2.05, 4.69) is 12.2 Å². The third-order valence-electron chi connectivity index (χ3n) is 11.9. The minimum absolute atomic E-state index is 0.0229. The van der Waals surface area contributed by atoms with E-state index in [9.17, 15) is 41.2 Å². The molecule has 1 atom stereocenters. The van der Waals surface area contributed by atoms with Crippen molar-refractivity contribution in [1.82, 2.24) is 4.57 Å². The number of anilines is 2. The number of ketones is 2. The lowest BCUT2D eigenvalue weighted by Crippen LogP contribution is -2.41. The van der Waals surface area contributed by atoms with Crippen LogP contribution in [-0.2, 0) is 25.8 Å². The number of sulfone groups is 1. The molecule has 0 aliphatic heterocycles. The molecule has 6 rings (SSSR count). The first kappa shape index (κ1) is 53.7. The Kier molecular flexibility index (Phi) is 17.7. The summed E-state index contributed by atoms with van der Waals surface area (Å²) in [4.78, 5) is 57.0. The standard InChI is InChI=1S/C52H52Cl3F3N4O7S/c1-4-5-6-7-8-9-10-11-12-16-25-70(67,68)35-21-23-39(38(55)28-35)60-49(65)48(69-43-24-19-32(31-59)26-40(43)61-50(66)52(56,57)58)47(64)45-44-41(29-51(2,3)30-42(44)63)62(34-20-22-36(53)37(54)27-34)46(45)33-17-14-13-15-18-33/h13-15,17-24,26-28,48H,4-12,16,25,29-30H2,1-3H3,(H,60,65)(H,61,66). The minimum Gasteiger partial charge on any atom is -0.470 e. The molecular formula is C52H52Cl3F3N4O7S. The van der Waals surface area contributed by atoms with Crippen LogP contribution in [0.2, 0.25) is 15.1 Å². The predicted molar refractivity (Wildman–Crippen MR) is 266 cm³/mol. The van der Waals surface area contributed by atoms with Gasteiger partial charge < -0.3 is 19.9 Å². The van der Waals surface area contributed by atoms with Gasteiger partial charge in [0, 0.05) is 17.8 Å². The normalized spacial score (nSPS) is 13.8. The Morgan fingerprint density at radius 3 is 2.07 bits per heavy atom. The van der Waals surface area contributed by atoms with Crippen molar-refractivity contribution in [2.24, 2.45) is 5.41 Å². The Balaban J connectivity index is 1.43. The fourth-order valence-corrected chi connectivity index (χ4v) is 10.5. The van der Waals surface area contributed by atoms with Crippen LogP contribution in [0.3, 0.4) is 0 Å². The highest BCUT2D eigenvalue weighted by Gasteiger charge is 2.44. The summed E-state index contributed by atoms with van der Waals surface area (Å²) in [6.45, 7) is 5.93. The molecule has 2 amide bonds. The first-order valence-corrected chi connectivity index (χ1v) is 25.7. The zero-order valence-corrected chi connectivity index (χ0v) is 41.9. The van der Waals surface area contributed by atoms with Gasteiger partial charge in [0.25, 0.3) is 5.91 Å². The van der Waals surface area contributed by atoms with E-state index in [1.165, 1.54) is 43.9 Å². The Labute approximate surface area is 420 Å². The smallest absolute Gasteiger partial charge is 0.470 e. The van der Waals surface area contributed by atoms with E-state index < -0.39 is 62.4 Å². The van der Waals surface area contributed by atoms with Gasteiger partial charge in [-0.15, -0.1) is 0 Å². The summed E-state index contributed by atoms with van der Waals surface area (Å²) in [6.07, 6.45) is 2.59. The molecule has 1 aliphatic carbocycles. The summed E-state index contributed by atoms with van der Waals surface area (Å²) >= 11 is 19.5. The Morgan fingerprint density at radius 2 is 1.46 bits per heavy atom. The number of carbonyl (C=O) groups excluding carboxylic acids is 4. The van der Waals surface area contributed by atoms with Crippen LogP contribution >= 0.6 is 34.8 Å². The van der Waals surface area contributed by atoms with E-state index >= 15 is 4.79 Å². The van der Waals surface area contributed by atoms with Gasteiger partial charge in [-0.3, -0.25) is 19.2 Å². The number of carbonyl (C=O) groups is 4. The Bertz CT molecular complexity index is 2930. The Morgan fingerprint density at radius 1 is 0.800 bits per heavy atom. The van der Waals surface area contributed by atoms with Crippen LogP contribution in [0.4, 0.5) is 24.5 Å². The lowest BCUT2D eigenvalue weighted by Gasteiger charge is -2.30. The molecule has 18 heteroatoms. The topological polar surface area (TPSA) is 164 Å². The van der Waals surface area contributed by atoms with E-state index in [0.29, 0.717) is 23.4 Å². The van der Waals surface area contributed by atoms with Crippen molar-refractivity contribution in [3.05, 3.63) is 122 Å². The number of hydrogen-bond acceptors (Lipinski definition) is 8. The van der Waals surface area contributed by atoms with Crippen LogP contribution in [0.15, 0.2) is 89.8 Å². The summed E-state index contributed by atoms with van der Waals surface area (Å²) in [6, 6.07) is 21.6. The number of Topliss-reactive ketones (excluding diaryl/α,β-unsaturated/α-hetero) is 2. The number of nitrogens with one attached hydrogen (secondary N) is 2. The molecule has 2 N–H and O–H groups in total. The van der Waals surface area contributed by atoms with Crippen LogP contribution in [0.25, 0.3) is 16.9 Å². The van der Waals surface area contributed by atoms with E-state index in [-0.39, 0.29) is 66.6 Å². The lowest BCUT2D eigenvalue weighted by atomic mass is 9.75. The molecule has 0 spiro atoms. The van der Waals surface area contributed by atoms with Crippen LogP contribution in [0.5, 0.6) is 5.75 Å². The average molecular weight is 1040 g/mol. The molecule has 0 bridgehead atoms. The molecule has 1 aromatic heterocycles. The van der Waals surface area contributed by atoms with Gasteiger partial charge in [0.05, 0.1) is 65.5 Å². The maximum absolute atomic E-state index is 15.6. The number of benzene rings is 4. The van der Waals surface area contributed by atoms with Gasteiger partial charge in [-0.2, -0.15) is 18.4 Å². The fourth-order valence-electron chi connectivity index (χ4n) is 8.51. The van der Waals surface area contributed by atoms with Gasteiger partial charge in [0.15, 0.2) is 15.6 Å². The fraction of sp³-hybridized carbons (Fsp3) is 0.365. The van der Waals surface area contributed by atoms with Gasteiger partial charge in [-0.25, -0.2) is 8.42 Å². The van der Waals surface area contributed by atoms with Gasteiger partial charge >= 0.3 is 12.1 Å². The van der Waals surface area contributed by atoms with Crippen LogP contribution in [0.1, 0.15) is 123 Å². The van der Waals surface area contributed by atoms with Crippen LogP contribution in [-0.4, -0.2) is 54.4 Å². The zero-order valence-electron chi connectivity index (χ0n) is 38.8. The number of fused-ring (bicyclic) bond motifs is 1. The van der Waals surface area contributed by atoms with Crippen molar-refractivity contribution >= 4 is 79.4 Å². The molecule has 70 heavy (non-hydrogen) atoms. The van der Waals surface area contributed by atoms with Crippen molar-refractivity contribution in [3.63, 3.8) is 0 Å². The van der Waals surface area contributed by atoms with E-state index in [1.807, 2.05) is 13.8 Å². The molecule has 4 aromatic carbocycles. The number of nitriles is 1. The molecule has 0 radical (unpaired) electrons. The number of unbranched alkanes of at least 4 members (excludes halogenated alkanes) is 9. The highest BCUT2D eigenvalue weighted by Crippen LogP contribution is 2.45. The number of alkyl halides is 3. The average Bonchev–Trinajstić information content (AvgIpc) is 3.64. The van der Waals surface area contributed by atoms with Crippen molar-refractivity contribution < 1.29 is 45.5 Å². The predicted octanol–water partition coefficient (Wildman–Crippen LogP) is 13.6. The second-order valence-corrected chi connectivity index (χ2v) is 21.4. The van der Waals surface area contributed by atoms with Crippen molar-refractivity contribution in [1.29, 1.82) is 5.26 Å². The van der Waals surface area contributed by atoms with E-state index in [1.54, 1.807) is 58.4 Å². The maximum atomic E-state index is 15.6. The monoisotopic (exact) mass is 1040 g/mol. The molecule has 1 aliphatic rings. The van der Waals surface area contributed by atoms with Gasteiger partial charge in [-0.1, -0.05) is 144 Å². The zero-order chi connectivity index (χ0) is 51.0. The van der Waals surface area contributed by atoms with Crippen molar-refractivity contribution in [3.8, 4) is 28.8 Å². The number of aromatic nitrogens is 1. The SMILES string of the molecule is CCCCCCCCCCCCS(=O)(=O)c1ccc(NC(=O)C(Oc2ccc(C#N)cc2NC(=O)C(F)(F)F)C(=O)c2c3c(n(-c4ccc(Cl)c(Cl)c4)c2-c2ccccc2)CC(C)(C)CC3=O)c(Cl)c1. The molecule has 0 fully saturated rings. The summed E-state index contributed by atoms with van der Waals surface area (Å²) in [7, 11) is -3.82. The van der Waals surface area contributed by atoms with E-state index in [4.69, 9.17) is 39.5 Å². The number of rotatable bonds is 21. The quantitative estimate of drug-likeness (QED) is 0.0416. The van der Waals surface area contributed by atoms with Gasteiger partial charge in [0.2, 0.25) is 11.9 Å². The van der Waals surface area contributed by atoms with Crippen molar-refractivity contribution in [2.45, 2.75) is 115 Å². The molecule has 370 valence electrons.